The molecule has 43 heavy (non-hydrogen) atoms. The molecule has 0 aromatic carbocycles. The highest BCUT2D eigenvalue weighted by atomic mass is 19.3. The van der Waals surface area contributed by atoms with Gasteiger partial charge in [0.15, 0.2) is 0 Å². The first-order valence-corrected chi connectivity index (χ1v) is 13.3. The maximum Gasteiger partial charge on any atom is 0.266 e. The molecule has 18 heteroatoms. The first-order valence-electron chi connectivity index (χ1n) is 13.3. The van der Waals surface area contributed by atoms with Crippen molar-refractivity contribution in [1.29, 1.82) is 0 Å². The normalized spacial score (nSPS) is 16.4. The molecule has 1 fully saturated rings. The molecule has 2 rings (SSSR count). The van der Waals surface area contributed by atoms with Gasteiger partial charge in [-0.15, -0.1) is 5.10 Å². The van der Waals surface area contributed by atoms with Gasteiger partial charge >= 0.3 is 0 Å². The average Bonchev–Trinajstić information content (AvgIpc) is 3.28. The summed E-state index contributed by atoms with van der Waals surface area (Å²) in [6, 6.07) is -1.35. The summed E-state index contributed by atoms with van der Waals surface area (Å²) < 4.78 is 88.8. The summed E-state index contributed by atoms with van der Waals surface area (Å²) in [6.45, 7) is 4.82. The standard InChI is InChI=1S/C10H13F5N6O.C8H14F2.C7H13N3O/c11-7(12)1-6(10(19-16)17-2-8(13)14)21-3-5(18-4-22)9(15)20-21;1-2-7-3-5-8(9,10)6-4-7;1-5(2)10-6(3-4-8)7(9)11/h3-4,6-8H,1-2,16H2,(H,17,19)(H,18,22);7H,2-6H2,1H3;3-5H,8H2,1-2H3,(H2,9,11)/b;;4-3-,10-6?. The molecule has 0 saturated heterocycles. The summed E-state index contributed by atoms with van der Waals surface area (Å²) >= 11 is 0. The summed E-state index contributed by atoms with van der Waals surface area (Å²) in [7, 11) is 0. The Labute approximate surface area is 245 Å². The van der Waals surface area contributed by atoms with E-state index in [1.165, 1.54) is 12.3 Å². The number of hydrogen-bond acceptors (Lipinski definition) is 7. The van der Waals surface area contributed by atoms with Crippen molar-refractivity contribution in [2.75, 3.05) is 11.9 Å². The summed E-state index contributed by atoms with van der Waals surface area (Å²) in [5.74, 6) is 1.23. The van der Waals surface area contributed by atoms with Crippen molar-refractivity contribution >= 4 is 29.6 Å². The first kappa shape index (κ1) is 39.3. The van der Waals surface area contributed by atoms with Crippen molar-refractivity contribution in [3.8, 4) is 0 Å². The fourth-order valence-corrected chi connectivity index (χ4v) is 3.68. The highest BCUT2D eigenvalue weighted by Crippen LogP contribution is 2.37. The second-order valence-electron chi connectivity index (χ2n) is 9.52. The Hall–Kier alpha value is -3.70. The molecule has 1 aliphatic carbocycles. The maximum absolute atomic E-state index is 13.4. The quantitative estimate of drug-likeness (QED) is 0.0583. The van der Waals surface area contributed by atoms with Crippen LogP contribution in [0.3, 0.4) is 0 Å². The first-order chi connectivity index (χ1) is 20.1. The summed E-state index contributed by atoms with van der Waals surface area (Å²) in [4.78, 5) is 28.2. The number of hydrazine groups is 1. The Morgan fingerprint density at radius 2 is 1.81 bits per heavy atom. The van der Waals surface area contributed by atoms with Crippen LogP contribution in [-0.4, -0.2) is 65.0 Å². The number of aliphatic imine (C=N–C) groups is 2. The van der Waals surface area contributed by atoms with E-state index >= 15 is 0 Å². The molecule has 0 radical (unpaired) electrons. The third-order valence-corrected chi connectivity index (χ3v) is 5.80. The van der Waals surface area contributed by atoms with E-state index in [1.54, 1.807) is 0 Å². The van der Waals surface area contributed by atoms with Gasteiger partial charge in [0.1, 0.15) is 29.8 Å². The van der Waals surface area contributed by atoms with Gasteiger partial charge in [-0.2, -0.15) is 4.39 Å². The van der Waals surface area contributed by atoms with Gasteiger partial charge in [-0.25, -0.2) is 32.2 Å². The van der Waals surface area contributed by atoms with E-state index in [1.807, 2.05) is 24.6 Å². The number of nitrogens with two attached hydrogens (primary N) is 3. The minimum atomic E-state index is -2.86. The predicted octanol–water partition coefficient (Wildman–Crippen LogP) is 3.93. The number of alkyl halides is 6. The number of aromatic nitrogens is 2. The lowest BCUT2D eigenvalue weighted by molar-refractivity contribution is -0.112. The number of anilines is 1. The van der Waals surface area contributed by atoms with E-state index in [2.05, 4.69) is 22.0 Å². The van der Waals surface area contributed by atoms with E-state index in [9.17, 15) is 40.3 Å². The van der Waals surface area contributed by atoms with Crippen molar-refractivity contribution in [2.45, 2.75) is 90.2 Å². The van der Waals surface area contributed by atoms with Crippen LogP contribution in [-0.2, 0) is 9.59 Å². The Morgan fingerprint density at radius 1 is 1.21 bits per heavy atom. The molecule has 0 aliphatic heterocycles. The summed E-state index contributed by atoms with van der Waals surface area (Å²) in [5, 5.41) is 5.28. The Kier molecular flexibility index (Phi) is 18.5. The van der Waals surface area contributed by atoms with Crippen molar-refractivity contribution in [3.63, 3.8) is 0 Å². The number of amidine groups is 1. The van der Waals surface area contributed by atoms with Gasteiger partial charge < -0.3 is 22.2 Å². The zero-order chi connectivity index (χ0) is 33.2. The van der Waals surface area contributed by atoms with Crippen LogP contribution in [0.15, 0.2) is 28.5 Å². The summed E-state index contributed by atoms with van der Waals surface area (Å²) in [6.07, 6.45) is -0.0875. The van der Waals surface area contributed by atoms with Gasteiger partial charge in [0.05, 0.1) is 6.20 Å². The van der Waals surface area contributed by atoms with Crippen LogP contribution in [0.4, 0.5) is 36.4 Å². The molecule has 0 spiro atoms. The third-order valence-electron chi connectivity index (χ3n) is 5.80. The van der Waals surface area contributed by atoms with Crippen molar-refractivity contribution in [3.05, 3.63) is 24.4 Å². The van der Waals surface area contributed by atoms with E-state index in [-0.39, 0.29) is 36.7 Å². The van der Waals surface area contributed by atoms with Crippen LogP contribution in [0.2, 0.25) is 0 Å². The number of carbonyl (C=O) groups is 2. The Morgan fingerprint density at radius 3 is 2.23 bits per heavy atom. The molecule has 11 nitrogen and oxygen atoms in total. The zero-order valence-electron chi connectivity index (χ0n) is 24.1. The van der Waals surface area contributed by atoms with Gasteiger partial charge in [-0.05, 0) is 44.9 Å². The van der Waals surface area contributed by atoms with E-state index in [4.69, 9.17) is 17.3 Å². The van der Waals surface area contributed by atoms with Gasteiger partial charge in [0, 0.05) is 25.3 Å². The van der Waals surface area contributed by atoms with Crippen LogP contribution in [0.25, 0.3) is 0 Å². The molecule has 1 aromatic heterocycles. The zero-order valence-corrected chi connectivity index (χ0v) is 24.1. The highest BCUT2D eigenvalue weighted by molar-refractivity contribution is 6.42. The number of primary amides is 1. The van der Waals surface area contributed by atoms with Crippen molar-refractivity contribution in [1.82, 2.24) is 15.2 Å². The molecule has 1 aromatic rings. The minimum Gasteiger partial charge on any atom is -0.405 e. The van der Waals surface area contributed by atoms with Crippen molar-refractivity contribution < 1.29 is 40.3 Å². The molecule has 1 aliphatic rings. The van der Waals surface area contributed by atoms with Crippen LogP contribution < -0.4 is 28.1 Å². The maximum atomic E-state index is 13.4. The predicted molar refractivity (Wildman–Crippen MR) is 149 cm³/mol. The number of nitrogens with zero attached hydrogens (tertiary/aromatic N) is 4. The molecular formula is C25H40F7N9O2. The SMILES string of the molecule is CC(C)N=C(/C=C\N)C(N)=O.CCC1CCC(F)(F)CC1.NNC(=NCC(F)F)C(CC(F)F)n1cc(NC=O)c(F)n1. The molecule has 246 valence electrons. The lowest BCUT2D eigenvalue weighted by Gasteiger charge is -2.27. The van der Waals surface area contributed by atoms with Crippen LogP contribution in [0, 0.1) is 11.9 Å². The minimum absolute atomic E-state index is 0.0497. The smallest absolute Gasteiger partial charge is 0.266 e. The second-order valence-corrected chi connectivity index (χ2v) is 9.52. The monoisotopic (exact) mass is 631 g/mol. The molecule has 1 atom stereocenters. The number of halogens is 7. The highest BCUT2D eigenvalue weighted by Gasteiger charge is 2.34. The van der Waals surface area contributed by atoms with Crippen LogP contribution in [0.5, 0.6) is 0 Å². The van der Waals surface area contributed by atoms with Gasteiger partial charge in [0.25, 0.3) is 18.3 Å². The lowest BCUT2D eigenvalue weighted by Crippen LogP contribution is -2.39. The van der Waals surface area contributed by atoms with Gasteiger partial charge in [-0.3, -0.25) is 24.3 Å². The topological polar surface area (TPSA) is 179 Å². The fraction of sp³-hybridized carbons (Fsp3) is 0.640. The molecule has 1 heterocycles. The number of amides is 2. The molecule has 0 bridgehead atoms. The second kappa shape index (κ2) is 20.2. The van der Waals surface area contributed by atoms with E-state index in [0.29, 0.717) is 5.92 Å². The number of rotatable bonds is 12. The lowest BCUT2D eigenvalue weighted by atomic mass is 9.85. The Balaban J connectivity index is 0.000000699. The van der Waals surface area contributed by atoms with Crippen LogP contribution in [0.1, 0.15) is 65.3 Å². The van der Waals surface area contributed by atoms with Gasteiger partial charge in [0.2, 0.25) is 18.8 Å². The largest absolute Gasteiger partial charge is 0.405 e. The third kappa shape index (κ3) is 16.5. The molecular weight excluding hydrogens is 591 g/mol. The van der Waals surface area contributed by atoms with E-state index in [0.717, 1.165) is 30.1 Å². The molecule has 8 N–H and O–H groups in total. The summed E-state index contributed by atoms with van der Waals surface area (Å²) in [5.41, 5.74) is 11.8. The van der Waals surface area contributed by atoms with Crippen LogP contribution >= 0.6 is 0 Å². The molecule has 1 unspecified atom stereocenters. The molecule has 2 amide bonds. The van der Waals surface area contributed by atoms with E-state index < -0.39 is 55.5 Å². The fourth-order valence-electron chi connectivity index (χ4n) is 3.68. The number of nitrogens with one attached hydrogen (secondary N) is 2. The Bertz CT molecular complexity index is 1050. The average molecular weight is 632 g/mol. The number of hydrogen-bond donors (Lipinski definition) is 5. The number of carbonyl (C=O) groups excluding carboxylic acids is 2. The van der Waals surface area contributed by atoms with Crippen molar-refractivity contribution in [2.24, 2.45) is 33.2 Å². The van der Waals surface area contributed by atoms with Gasteiger partial charge in [-0.1, -0.05) is 13.3 Å². The molecule has 1 saturated carbocycles.